The van der Waals surface area contributed by atoms with Gasteiger partial charge in [0.15, 0.2) is 23.2 Å². The van der Waals surface area contributed by atoms with Crippen molar-refractivity contribution >= 4 is 16.8 Å². The van der Waals surface area contributed by atoms with E-state index in [1.807, 2.05) is 19.2 Å². The SMILES string of the molecule is CNc1cc(OC)c2ncoc2c1. The Morgan fingerprint density at radius 2 is 2.31 bits per heavy atom. The zero-order valence-electron chi connectivity index (χ0n) is 7.50. The fourth-order valence-electron chi connectivity index (χ4n) is 1.24. The summed E-state index contributed by atoms with van der Waals surface area (Å²) in [4.78, 5) is 4.05. The fraction of sp³-hybridized carbons (Fsp3) is 0.222. The van der Waals surface area contributed by atoms with Crippen LogP contribution in [0.2, 0.25) is 0 Å². The normalized spacial score (nSPS) is 10.3. The summed E-state index contributed by atoms with van der Waals surface area (Å²) in [5.74, 6) is 0.718. The Balaban J connectivity index is 2.70. The Morgan fingerprint density at radius 1 is 1.46 bits per heavy atom. The van der Waals surface area contributed by atoms with Crippen LogP contribution in [0, 0.1) is 0 Å². The standard InChI is InChI=1S/C9H10N2O2/c1-10-6-3-7(12-2)9-8(4-6)13-5-11-9/h3-5,10H,1-2H3. The lowest BCUT2D eigenvalue weighted by molar-refractivity contribution is 0.419. The van der Waals surface area contributed by atoms with Crippen molar-refractivity contribution in [3.8, 4) is 5.75 Å². The van der Waals surface area contributed by atoms with Crippen molar-refractivity contribution in [1.82, 2.24) is 4.98 Å². The molecule has 2 rings (SSSR count). The molecule has 1 aromatic carbocycles. The first-order valence-corrected chi connectivity index (χ1v) is 3.94. The molecule has 0 spiro atoms. The van der Waals surface area contributed by atoms with E-state index < -0.39 is 0 Å². The maximum atomic E-state index is 5.17. The van der Waals surface area contributed by atoms with Crippen LogP contribution in [-0.4, -0.2) is 19.1 Å². The van der Waals surface area contributed by atoms with Crippen LogP contribution in [0.1, 0.15) is 0 Å². The Bertz CT molecular complexity index is 422. The number of rotatable bonds is 2. The lowest BCUT2D eigenvalue weighted by atomic mass is 10.2. The highest BCUT2D eigenvalue weighted by atomic mass is 16.5. The van der Waals surface area contributed by atoms with Crippen LogP contribution in [0.3, 0.4) is 0 Å². The maximum Gasteiger partial charge on any atom is 0.182 e. The van der Waals surface area contributed by atoms with Crippen molar-refractivity contribution in [2.75, 3.05) is 19.5 Å². The molecule has 0 radical (unpaired) electrons. The van der Waals surface area contributed by atoms with Crippen LogP contribution < -0.4 is 10.1 Å². The van der Waals surface area contributed by atoms with Crippen LogP contribution >= 0.6 is 0 Å². The van der Waals surface area contributed by atoms with Gasteiger partial charge in [-0.15, -0.1) is 0 Å². The van der Waals surface area contributed by atoms with Gasteiger partial charge in [-0.05, 0) is 0 Å². The lowest BCUT2D eigenvalue weighted by Gasteiger charge is -2.03. The fourth-order valence-corrected chi connectivity index (χ4v) is 1.24. The molecule has 0 aliphatic carbocycles. The molecule has 0 saturated heterocycles. The van der Waals surface area contributed by atoms with Crippen molar-refractivity contribution in [2.45, 2.75) is 0 Å². The van der Waals surface area contributed by atoms with Crippen LogP contribution in [-0.2, 0) is 0 Å². The Kier molecular flexibility index (Phi) is 1.81. The zero-order chi connectivity index (χ0) is 9.26. The largest absolute Gasteiger partial charge is 0.494 e. The molecule has 0 fully saturated rings. The second kappa shape index (κ2) is 2.97. The number of hydrogen-bond acceptors (Lipinski definition) is 4. The van der Waals surface area contributed by atoms with E-state index in [0.717, 1.165) is 22.5 Å². The molecule has 0 unspecified atom stereocenters. The number of anilines is 1. The smallest absolute Gasteiger partial charge is 0.182 e. The summed E-state index contributed by atoms with van der Waals surface area (Å²) in [6.07, 6.45) is 1.41. The van der Waals surface area contributed by atoms with Gasteiger partial charge in [0.2, 0.25) is 0 Å². The van der Waals surface area contributed by atoms with Gasteiger partial charge in [0, 0.05) is 24.9 Å². The summed E-state index contributed by atoms with van der Waals surface area (Å²) in [6, 6.07) is 3.76. The first-order valence-electron chi connectivity index (χ1n) is 3.94. The minimum atomic E-state index is 0.718. The van der Waals surface area contributed by atoms with Crippen LogP contribution in [0.4, 0.5) is 5.69 Å². The molecule has 2 aromatic rings. The van der Waals surface area contributed by atoms with E-state index in [9.17, 15) is 0 Å². The highest BCUT2D eigenvalue weighted by Gasteiger charge is 2.07. The second-order valence-corrected chi connectivity index (χ2v) is 2.63. The molecule has 1 N–H and O–H groups in total. The molecule has 0 amide bonds. The summed E-state index contributed by atoms with van der Waals surface area (Å²) >= 11 is 0. The van der Waals surface area contributed by atoms with Gasteiger partial charge in [0.1, 0.15) is 0 Å². The lowest BCUT2D eigenvalue weighted by Crippen LogP contribution is -1.90. The van der Waals surface area contributed by atoms with Gasteiger partial charge in [-0.1, -0.05) is 0 Å². The number of nitrogens with zero attached hydrogens (tertiary/aromatic N) is 1. The highest BCUT2D eigenvalue weighted by molar-refractivity contribution is 5.83. The zero-order valence-corrected chi connectivity index (χ0v) is 7.50. The van der Waals surface area contributed by atoms with Gasteiger partial charge in [-0.25, -0.2) is 4.98 Å². The molecule has 0 atom stereocenters. The summed E-state index contributed by atoms with van der Waals surface area (Å²) in [6.45, 7) is 0. The predicted molar refractivity (Wildman–Crippen MR) is 50.1 cm³/mol. The summed E-state index contributed by atoms with van der Waals surface area (Å²) < 4.78 is 10.3. The number of benzene rings is 1. The number of hydrogen-bond donors (Lipinski definition) is 1. The van der Waals surface area contributed by atoms with E-state index in [2.05, 4.69) is 10.3 Å². The average Bonchev–Trinajstić information content (AvgIpc) is 2.63. The first kappa shape index (κ1) is 7.91. The van der Waals surface area contributed by atoms with Gasteiger partial charge in [0.05, 0.1) is 7.11 Å². The van der Waals surface area contributed by atoms with Crippen molar-refractivity contribution in [3.05, 3.63) is 18.5 Å². The number of aromatic nitrogens is 1. The predicted octanol–water partition coefficient (Wildman–Crippen LogP) is 1.88. The number of methoxy groups -OCH3 is 1. The molecule has 4 nitrogen and oxygen atoms in total. The third-order valence-corrected chi connectivity index (χ3v) is 1.91. The van der Waals surface area contributed by atoms with E-state index in [0.29, 0.717) is 0 Å². The molecule has 68 valence electrons. The van der Waals surface area contributed by atoms with Gasteiger partial charge in [0.25, 0.3) is 0 Å². The Morgan fingerprint density at radius 3 is 3.00 bits per heavy atom. The topological polar surface area (TPSA) is 47.3 Å². The molecule has 4 heteroatoms. The third kappa shape index (κ3) is 1.20. The maximum absolute atomic E-state index is 5.17. The highest BCUT2D eigenvalue weighted by Crippen LogP contribution is 2.28. The van der Waals surface area contributed by atoms with Gasteiger partial charge in [-0.2, -0.15) is 0 Å². The van der Waals surface area contributed by atoms with Crippen molar-refractivity contribution < 1.29 is 9.15 Å². The molecule has 1 heterocycles. The van der Waals surface area contributed by atoms with E-state index in [1.54, 1.807) is 7.11 Å². The molecular formula is C9H10N2O2. The Hall–Kier alpha value is -1.71. The molecular weight excluding hydrogens is 168 g/mol. The Labute approximate surface area is 75.5 Å². The average molecular weight is 178 g/mol. The van der Waals surface area contributed by atoms with Crippen molar-refractivity contribution in [1.29, 1.82) is 0 Å². The minimum Gasteiger partial charge on any atom is -0.494 e. The third-order valence-electron chi connectivity index (χ3n) is 1.91. The van der Waals surface area contributed by atoms with E-state index in [4.69, 9.17) is 9.15 Å². The number of ether oxygens (including phenoxy) is 1. The van der Waals surface area contributed by atoms with Crippen molar-refractivity contribution in [3.63, 3.8) is 0 Å². The molecule has 0 aliphatic heterocycles. The van der Waals surface area contributed by atoms with E-state index >= 15 is 0 Å². The van der Waals surface area contributed by atoms with Crippen LogP contribution in [0.25, 0.3) is 11.1 Å². The molecule has 13 heavy (non-hydrogen) atoms. The van der Waals surface area contributed by atoms with Crippen LogP contribution in [0.5, 0.6) is 5.75 Å². The van der Waals surface area contributed by atoms with Gasteiger partial charge < -0.3 is 14.5 Å². The summed E-state index contributed by atoms with van der Waals surface area (Å²) in [5, 5.41) is 3.02. The molecule has 0 aliphatic rings. The van der Waals surface area contributed by atoms with E-state index in [1.165, 1.54) is 6.39 Å². The summed E-state index contributed by atoms with van der Waals surface area (Å²) in [5.41, 5.74) is 2.42. The molecule has 1 aromatic heterocycles. The number of fused-ring (bicyclic) bond motifs is 1. The van der Waals surface area contributed by atoms with Crippen LogP contribution in [0.15, 0.2) is 22.9 Å². The second-order valence-electron chi connectivity index (χ2n) is 2.63. The monoisotopic (exact) mass is 178 g/mol. The summed E-state index contributed by atoms with van der Waals surface area (Å²) in [7, 11) is 3.46. The van der Waals surface area contributed by atoms with E-state index in [-0.39, 0.29) is 0 Å². The quantitative estimate of drug-likeness (QED) is 0.762. The van der Waals surface area contributed by atoms with Crippen molar-refractivity contribution in [2.24, 2.45) is 0 Å². The van der Waals surface area contributed by atoms with Gasteiger partial charge in [-0.3, -0.25) is 0 Å². The molecule has 0 bridgehead atoms. The molecule has 0 saturated carbocycles. The number of oxazole rings is 1. The minimum absolute atomic E-state index is 0.718. The van der Waals surface area contributed by atoms with Gasteiger partial charge >= 0.3 is 0 Å². The first-order chi connectivity index (χ1) is 6.35. The number of nitrogens with one attached hydrogen (secondary N) is 1.